The predicted octanol–water partition coefficient (Wildman–Crippen LogP) is 2.35. The van der Waals surface area contributed by atoms with Crippen molar-refractivity contribution in [3.05, 3.63) is 58.8 Å². The lowest BCUT2D eigenvalue weighted by molar-refractivity contribution is -0.130. The summed E-state index contributed by atoms with van der Waals surface area (Å²) in [5.74, 6) is -1.06. The fraction of sp³-hybridized carbons (Fsp3) is 0.478. The molecule has 2 aliphatic heterocycles. The van der Waals surface area contributed by atoms with Gasteiger partial charge >= 0.3 is 0 Å². The van der Waals surface area contributed by atoms with Crippen LogP contribution in [0.5, 0.6) is 5.88 Å². The molecular weight excluding hydrogens is 420 g/mol. The number of nitrogens with zero attached hydrogens (tertiary/aromatic N) is 2. The molecule has 7 nitrogen and oxygen atoms in total. The van der Waals surface area contributed by atoms with Crippen molar-refractivity contribution in [3.8, 4) is 5.88 Å². The Bertz CT molecular complexity index is 990. The van der Waals surface area contributed by atoms with E-state index in [9.17, 15) is 13.6 Å². The summed E-state index contributed by atoms with van der Waals surface area (Å²) in [6.45, 7) is 4.90. The lowest BCUT2D eigenvalue weighted by Gasteiger charge is -2.39. The number of carbonyl (C=O) groups is 1. The van der Waals surface area contributed by atoms with Crippen molar-refractivity contribution in [1.82, 2.24) is 15.2 Å². The highest BCUT2D eigenvalue weighted by Gasteiger charge is 2.46. The standard InChI is InChI=1S/C23H27F2N3O4/c1-15-7-16(10-27-22(15)30-2)12-28-5-6-32-23(13-28)9-20(31-14-23)21(29)26-11-17-3-4-18(24)8-19(17)25/h3-4,7-8,10,20H,5-6,9,11-14H2,1-2H3,(H,26,29). The molecule has 4 rings (SSSR count). The number of hydrogen-bond acceptors (Lipinski definition) is 6. The van der Waals surface area contributed by atoms with E-state index < -0.39 is 23.3 Å². The third kappa shape index (κ3) is 5.06. The SMILES string of the molecule is COc1ncc(CN2CCOC3(COC(C(=O)NCc4ccc(F)cc4F)C3)C2)cc1C. The quantitative estimate of drug-likeness (QED) is 0.733. The largest absolute Gasteiger partial charge is 0.481 e. The van der Waals surface area contributed by atoms with E-state index in [1.807, 2.05) is 13.1 Å². The minimum atomic E-state index is -0.691. The van der Waals surface area contributed by atoms with Crippen molar-refractivity contribution in [3.63, 3.8) is 0 Å². The van der Waals surface area contributed by atoms with Gasteiger partial charge in [-0.25, -0.2) is 13.8 Å². The molecule has 2 atom stereocenters. The predicted molar refractivity (Wildman–Crippen MR) is 112 cm³/mol. The zero-order chi connectivity index (χ0) is 22.7. The number of aryl methyl sites for hydroxylation is 1. The number of nitrogens with one attached hydrogen (secondary N) is 1. The Morgan fingerprint density at radius 1 is 1.38 bits per heavy atom. The zero-order valence-corrected chi connectivity index (χ0v) is 18.2. The van der Waals surface area contributed by atoms with Crippen LogP contribution in [0.25, 0.3) is 0 Å². The summed E-state index contributed by atoms with van der Waals surface area (Å²) < 4.78 is 43.9. The third-order valence-electron chi connectivity index (χ3n) is 5.88. The molecule has 1 N–H and O–H groups in total. The number of morpholine rings is 1. The molecule has 1 aromatic heterocycles. The Balaban J connectivity index is 1.32. The first-order valence-electron chi connectivity index (χ1n) is 10.6. The Morgan fingerprint density at radius 3 is 2.97 bits per heavy atom. The second kappa shape index (κ2) is 9.48. The van der Waals surface area contributed by atoms with Crippen molar-refractivity contribution in [1.29, 1.82) is 0 Å². The van der Waals surface area contributed by atoms with Gasteiger partial charge in [-0.05, 0) is 24.6 Å². The van der Waals surface area contributed by atoms with Crippen LogP contribution in [-0.4, -0.2) is 60.9 Å². The minimum Gasteiger partial charge on any atom is -0.481 e. The number of rotatable bonds is 6. The number of halogens is 2. The second-order valence-electron chi connectivity index (χ2n) is 8.37. The van der Waals surface area contributed by atoms with E-state index in [1.165, 1.54) is 6.07 Å². The summed E-state index contributed by atoms with van der Waals surface area (Å²) in [6.07, 6.45) is 1.55. The summed E-state index contributed by atoms with van der Waals surface area (Å²) in [6, 6.07) is 5.34. The van der Waals surface area contributed by atoms with Gasteiger partial charge in [0.05, 0.1) is 20.3 Å². The molecule has 2 fully saturated rings. The molecule has 0 radical (unpaired) electrons. The van der Waals surface area contributed by atoms with Crippen LogP contribution < -0.4 is 10.1 Å². The summed E-state index contributed by atoms with van der Waals surface area (Å²) in [5, 5.41) is 2.68. The molecule has 0 aliphatic carbocycles. The van der Waals surface area contributed by atoms with Gasteiger partial charge in [-0.15, -0.1) is 0 Å². The van der Waals surface area contributed by atoms with Crippen LogP contribution in [0.1, 0.15) is 23.1 Å². The molecule has 9 heteroatoms. The Kier molecular flexibility index (Phi) is 6.68. The summed E-state index contributed by atoms with van der Waals surface area (Å²) in [7, 11) is 1.60. The third-order valence-corrected chi connectivity index (χ3v) is 5.88. The van der Waals surface area contributed by atoms with E-state index in [4.69, 9.17) is 14.2 Å². The molecule has 0 bridgehead atoms. The number of ether oxygens (including phenoxy) is 3. The van der Waals surface area contributed by atoms with E-state index >= 15 is 0 Å². The monoisotopic (exact) mass is 447 g/mol. The molecule has 2 saturated heterocycles. The topological polar surface area (TPSA) is 72.9 Å². The summed E-state index contributed by atoms with van der Waals surface area (Å²) >= 11 is 0. The van der Waals surface area contributed by atoms with Crippen LogP contribution in [0.3, 0.4) is 0 Å². The maximum Gasteiger partial charge on any atom is 0.249 e. The highest BCUT2D eigenvalue weighted by Crippen LogP contribution is 2.32. The van der Waals surface area contributed by atoms with Gasteiger partial charge in [0.2, 0.25) is 11.8 Å². The lowest BCUT2D eigenvalue weighted by atomic mass is 9.97. The number of hydrogen-bond donors (Lipinski definition) is 1. The maximum absolute atomic E-state index is 13.8. The van der Waals surface area contributed by atoms with Gasteiger partial charge in [0.1, 0.15) is 23.3 Å². The molecule has 32 heavy (non-hydrogen) atoms. The molecule has 3 heterocycles. The molecule has 2 unspecified atom stereocenters. The van der Waals surface area contributed by atoms with Crippen molar-refractivity contribution < 1.29 is 27.8 Å². The van der Waals surface area contributed by atoms with Gasteiger partial charge in [-0.3, -0.25) is 9.69 Å². The Hall–Kier alpha value is -2.62. The molecule has 1 amide bonds. The first kappa shape index (κ1) is 22.6. The zero-order valence-electron chi connectivity index (χ0n) is 18.2. The smallest absolute Gasteiger partial charge is 0.249 e. The highest BCUT2D eigenvalue weighted by molar-refractivity contribution is 5.81. The highest BCUT2D eigenvalue weighted by atomic mass is 19.1. The van der Waals surface area contributed by atoms with Gasteiger partial charge in [0, 0.05) is 56.0 Å². The summed E-state index contributed by atoms with van der Waals surface area (Å²) in [4.78, 5) is 19.2. The molecule has 1 aromatic carbocycles. The van der Waals surface area contributed by atoms with Crippen molar-refractivity contribution in [2.75, 3.05) is 33.4 Å². The van der Waals surface area contributed by atoms with Crippen LogP contribution in [0.4, 0.5) is 8.78 Å². The van der Waals surface area contributed by atoms with Crippen molar-refractivity contribution in [2.24, 2.45) is 0 Å². The van der Waals surface area contributed by atoms with Crippen LogP contribution in [0.15, 0.2) is 30.5 Å². The number of aromatic nitrogens is 1. The van der Waals surface area contributed by atoms with Gasteiger partial charge in [-0.2, -0.15) is 0 Å². The number of pyridine rings is 1. The molecule has 0 saturated carbocycles. The fourth-order valence-corrected chi connectivity index (χ4v) is 4.29. The van der Waals surface area contributed by atoms with E-state index in [1.54, 1.807) is 7.11 Å². The fourth-order valence-electron chi connectivity index (χ4n) is 4.29. The van der Waals surface area contributed by atoms with Gasteiger partial charge in [-0.1, -0.05) is 6.07 Å². The van der Waals surface area contributed by atoms with Crippen LogP contribution in [-0.2, 0) is 27.4 Å². The van der Waals surface area contributed by atoms with Crippen LogP contribution in [0, 0.1) is 18.6 Å². The number of amides is 1. The molecular formula is C23H27F2N3O4. The Labute approximate surface area is 185 Å². The number of methoxy groups -OCH3 is 1. The number of benzene rings is 1. The van der Waals surface area contributed by atoms with E-state index in [0.717, 1.165) is 29.8 Å². The second-order valence-corrected chi connectivity index (χ2v) is 8.37. The Morgan fingerprint density at radius 2 is 2.22 bits per heavy atom. The van der Waals surface area contributed by atoms with E-state index in [0.29, 0.717) is 38.6 Å². The summed E-state index contributed by atoms with van der Waals surface area (Å²) in [5.41, 5.74) is 1.72. The van der Waals surface area contributed by atoms with E-state index in [-0.39, 0.29) is 18.0 Å². The maximum atomic E-state index is 13.8. The van der Waals surface area contributed by atoms with Gasteiger partial charge in [0.25, 0.3) is 0 Å². The average molecular weight is 447 g/mol. The van der Waals surface area contributed by atoms with Crippen molar-refractivity contribution >= 4 is 5.91 Å². The molecule has 172 valence electrons. The molecule has 1 spiro atoms. The van der Waals surface area contributed by atoms with Gasteiger partial charge < -0.3 is 19.5 Å². The van der Waals surface area contributed by atoms with Gasteiger partial charge in [0.15, 0.2) is 0 Å². The minimum absolute atomic E-state index is 0.0331. The number of carbonyl (C=O) groups excluding carboxylic acids is 1. The normalized spacial score (nSPS) is 23.4. The molecule has 2 aromatic rings. The first-order chi connectivity index (χ1) is 15.4. The van der Waals surface area contributed by atoms with Crippen LogP contribution >= 0.6 is 0 Å². The molecule has 2 aliphatic rings. The first-order valence-corrected chi connectivity index (χ1v) is 10.6. The van der Waals surface area contributed by atoms with Crippen LogP contribution in [0.2, 0.25) is 0 Å². The average Bonchev–Trinajstić information content (AvgIpc) is 3.16. The van der Waals surface area contributed by atoms with E-state index in [2.05, 4.69) is 21.3 Å². The van der Waals surface area contributed by atoms with Crippen molar-refractivity contribution in [2.45, 2.75) is 38.1 Å². The lowest BCUT2D eigenvalue weighted by Crippen LogP contribution is -2.52.